The molecule has 1 heterocycles. The topological polar surface area (TPSA) is 12.0 Å². The van der Waals surface area contributed by atoms with Crippen LogP contribution in [0.3, 0.4) is 0 Å². The lowest BCUT2D eigenvalue weighted by molar-refractivity contribution is 0.426. The van der Waals surface area contributed by atoms with E-state index in [-0.39, 0.29) is 5.82 Å². The molecule has 1 aliphatic rings. The zero-order valence-corrected chi connectivity index (χ0v) is 9.93. The zero-order valence-electron chi connectivity index (χ0n) is 9.93. The van der Waals surface area contributed by atoms with Gasteiger partial charge in [-0.05, 0) is 43.5 Å². The third-order valence-corrected chi connectivity index (χ3v) is 3.41. The van der Waals surface area contributed by atoms with E-state index in [1.54, 1.807) is 6.07 Å². The Bertz CT molecular complexity index is 341. The molecule has 1 aromatic carbocycles. The Morgan fingerprint density at radius 2 is 2.00 bits per heavy atom. The highest BCUT2D eigenvalue weighted by atomic mass is 19.1. The van der Waals surface area contributed by atoms with Crippen LogP contribution in [0.15, 0.2) is 18.2 Å². The highest BCUT2D eigenvalue weighted by Crippen LogP contribution is 2.23. The van der Waals surface area contributed by atoms with E-state index in [9.17, 15) is 4.39 Å². The smallest absolute Gasteiger partial charge is 0.126 e. The normalized spacial score (nSPS) is 22.5. The molecule has 1 fully saturated rings. The van der Waals surface area contributed by atoms with Crippen molar-refractivity contribution in [2.75, 3.05) is 6.54 Å². The average Bonchev–Trinajstić information content (AvgIpc) is 2.22. The summed E-state index contributed by atoms with van der Waals surface area (Å²) >= 11 is 0. The summed E-state index contributed by atoms with van der Waals surface area (Å²) in [7, 11) is 0. The van der Waals surface area contributed by atoms with Crippen LogP contribution in [0.1, 0.15) is 49.3 Å². The molecule has 1 nitrogen and oxygen atoms in total. The van der Waals surface area contributed by atoms with Gasteiger partial charge < -0.3 is 5.32 Å². The first-order valence-corrected chi connectivity index (χ1v) is 6.27. The highest BCUT2D eigenvalue weighted by molar-refractivity contribution is 5.25. The van der Waals surface area contributed by atoms with E-state index in [4.69, 9.17) is 0 Å². The van der Waals surface area contributed by atoms with Gasteiger partial charge in [-0.15, -0.1) is 0 Å². The standard InChI is InChI=1S/C14H20FN/c1-11-7-8-12(10-13(11)15)14-6-4-2-3-5-9-16-14/h7-8,10,14,16H,2-6,9H2,1H3. The molecule has 2 heteroatoms. The second kappa shape index (κ2) is 5.44. The van der Waals surface area contributed by atoms with Crippen LogP contribution in [-0.4, -0.2) is 6.54 Å². The van der Waals surface area contributed by atoms with Crippen LogP contribution in [0.4, 0.5) is 4.39 Å². The molecule has 1 unspecified atom stereocenters. The number of hydrogen-bond donors (Lipinski definition) is 1. The van der Waals surface area contributed by atoms with Gasteiger partial charge in [0.15, 0.2) is 0 Å². The molecule has 0 radical (unpaired) electrons. The number of rotatable bonds is 1. The number of aryl methyl sites for hydroxylation is 1. The third kappa shape index (κ3) is 2.82. The van der Waals surface area contributed by atoms with Gasteiger partial charge in [-0.2, -0.15) is 0 Å². The van der Waals surface area contributed by atoms with Crippen molar-refractivity contribution in [3.05, 3.63) is 35.1 Å². The monoisotopic (exact) mass is 221 g/mol. The molecule has 1 atom stereocenters. The van der Waals surface area contributed by atoms with Crippen molar-refractivity contribution in [2.24, 2.45) is 0 Å². The molecule has 0 bridgehead atoms. The largest absolute Gasteiger partial charge is 0.310 e. The Kier molecular flexibility index (Phi) is 3.94. The lowest BCUT2D eigenvalue weighted by Crippen LogP contribution is -2.24. The molecule has 16 heavy (non-hydrogen) atoms. The fourth-order valence-electron chi connectivity index (χ4n) is 2.32. The van der Waals surface area contributed by atoms with E-state index in [1.165, 1.54) is 25.7 Å². The van der Waals surface area contributed by atoms with Crippen LogP contribution in [0.2, 0.25) is 0 Å². The third-order valence-electron chi connectivity index (χ3n) is 3.41. The summed E-state index contributed by atoms with van der Waals surface area (Å²) in [4.78, 5) is 0. The molecular weight excluding hydrogens is 201 g/mol. The van der Waals surface area contributed by atoms with Crippen molar-refractivity contribution >= 4 is 0 Å². The van der Waals surface area contributed by atoms with Gasteiger partial charge in [0.25, 0.3) is 0 Å². The Hall–Kier alpha value is -0.890. The summed E-state index contributed by atoms with van der Waals surface area (Å²) in [5.74, 6) is -0.0821. The Balaban J connectivity index is 2.11. The van der Waals surface area contributed by atoms with E-state index < -0.39 is 0 Å². The molecule has 0 spiro atoms. The molecule has 0 amide bonds. The maximum absolute atomic E-state index is 13.5. The summed E-state index contributed by atoms with van der Waals surface area (Å²) in [6.07, 6.45) is 6.25. The Morgan fingerprint density at radius 1 is 1.19 bits per heavy atom. The van der Waals surface area contributed by atoms with E-state index in [0.717, 1.165) is 24.1 Å². The molecular formula is C14H20FN. The minimum Gasteiger partial charge on any atom is -0.310 e. The molecule has 2 rings (SSSR count). The zero-order chi connectivity index (χ0) is 11.4. The molecule has 0 saturated carbocycles. The fourth-order valence-corrected chi connectivity index (χ4v) is 2.32. The van der Waals surface area contributed by atoms with Crippen molar-refractivity contribution in [3.63, 3.8) is 0 Å². The summed E-state index contributed by atoms with van der Waals surface area (Å²) in [5.41, 5.74) is 1.83. The van der Waals surface area contributed by atoms with Gasteiger partial charge in [-0.25, -0.2) is 4.39 Å². The van der Waals surface area contributed by atoms with E-state index in [2.05, 4.69) is 11.4 Å². The summed E-state index contributed by atoms with van der Waals surface area (Å²) in [6.45, 7) is 2.87. The lowest BCUT2D eigenvalue weighted by Gasteiger charge is -2.22. The van der Waals surface area contributed by atoms with Gasteiger partial charge in [-0.3, -0.25) is 0 Å². The van der Waals surface area contributed by atoms with Crippen molar-refractivity contribution in [1.82, 2.24) is 5.32 Å². The molecule has 1 N–H and O–H groups in total. The van der Waals surface area contributed by atoms with Gasteiger partial charge in [0.1, 0.15) is 5.82 Å². The molecule has 1 aromatic rings. The summed E-state index contributed by atoms with van der Waals surface area (Å²) in [5, 5.41) is 3.52. The predicted octanol–water partition coefficient (Wildman–Crippen LogP) is 3.73. The first kappa shape index (κ1) is 11.6. The van der Waals surface area contributed by atoms with Crippen molar-refractivity contribution in [1.29, 1.82) is 0 Å². The minimum absolute atomic E-state index is 0.0821. The van der Waals surface area contributed by atoms with Crippen LogP contribution >= 0.6 is 0 Å². The summed E-state index contributed by atoms with van der Waals surface area (Å²) < 4.78 is 13.5. The Labute approximate surface area is 97.1 Å². The average molecular weight is 221 g/mol. The second-order valence-electron chi connectivity index (χ2n) is 4.72. The molecule has 0 aliphatic carbocycles. The minimum atomic E-state index is -0.0821. The summed E-state index contributed by atoms with van der Waals surface area (Å²) in [6, 6.07) is 5.97. The van der Waals surface area contributed by atoms with Crippen molar-refractivity contribution in [3.8, 4) is 0 Å². The molecule has 88 valence electrons. The van der Waals surface area contributed by atoms with E-state index in [1.807, 2.05) is 13.0 Å². The second-order valence-corrected chi connectivity index (χ2v) is 4.72. The van der Waals surface area contributed by atoms with Crippen LogP contribution in [0.25, 0.3) is 0 Å². The molecule has 0 aromatic heterocycles. The Morgan fingerprint density at radius 3 is 2.81 bits per heavy atom. The van der Waals surface area contributed by atoms with E-state index in [0.29, 0.717) is 6.04 Å². The number of nitrogens with one attached hydrogen (secondary N) is 1. The maximum atomic E-state index is 13.5. The first-order chi connectivity index (χ1) is 7.77. The quantitative estimate of drug-likeness (QED) is 0.762. The lowest BCUT2D eigenvalue weighted by atomic mass is 9.97. The molecule has 1 aliphatic heterocycles. The SMILES string of the molecule is Cc1ccc(C2CCCCCCN2)cc1F. The van der Waals surface area contributed by atoms with Crippen LogP contribution in [-0.2, 0) is 0 Å². The fraction of sp³-hybridized carbons (Fsp3) is 0.571. The van der Waals surface area contributed by atoms with Crippen LogP contribution in [0.5, 0.6) is 0 Å². The van der Waals surface area contributed by atoms with E-state index >= 15 is 0 Å². The van der Waals surface area contributed by atoms with Gasteiger partial charge >= 0.3 is 0 Å². The number of halogens is 1. The van der Waals surface area contributed by atoms with Gasteiger partial charge in [0, 0.05) is 6.04 Å². The highest BCUT2D eigenvalue weighted by Gasteiger charge is 2.13. The van der Waals surface area contributed by atoms with Crippen molar-refractivity contribution < 1.29 is 4.39 Å². The maximum Gasteiger partial charge on any atom is 0.126 e. The number of hydrogen-bond acceptors (Lipinski definition) is 1. The van der Waals surface area contributed by atoms with Crippen molar-refractivity contribution in [2.45, 2.75) is 45.1 Å². The first-order valence-electron chi connectivity index (χ1n) is 6.27. The van der Waals surface area contributed by atoms with Gasteiger partial charge in [0.05, 0.1) is 0 Å². The number of benzene rings is 1. The van der Waals surface area contributed by atoms with Crippen LogP contribution < -0.4 is 5.32 Å². The van der Waals surface area contributed by atoms with Crippen LogP contribution in [0, 0.1) is 12.7 Å². The van der Waals surface area contributed by atoms with Gasteiger partial charge in [-0.1, -0.05) is 31.4 Å². The molecule has 1 saturated heterocycles. The predicted molar refractivity (Wildman–Crippen MR) is 65.0 cm³/mol. The van der Waals surface area contributed by atoms with Gasteiger partial charge in [0.2, 0.25) is 0 Å².